The van der Waals surface area contributed by atoms with Gasteiger partial charge in [-0.15, -0.1) is 0 Å². The lowest BCUT2D eigenvalue weighted by Crippen LogP contribution is -2.51. The van der Waals surface area contributed by atoms with Gasteiger partial charge in [0.1, 0.15) is 0 Å². The van der Waals surface area contributed by atoms with E-state index in [-0.39, 0.29) is 5.92 Å². The van der Waals surface area contributed by atoms with E-state index in [1.54, 1.807) is 0 Å². The molecule has 0 spiro atoms. The van der Waals surface area contributed by atoms with E-state index in [4.69, 9.17) is 0 Å². The zero-order valence-corrected chi connectivity index (χ0v) is 15.1. The van der Waals surface area contributed by atoms with Gasteiger partial charge in [0, 0.05) is 38.1 Å². The van der Waals surface area contributed by atoms with Crippen LogP contribution in [0, 0.1) is 5.92 Å². The predicted octanol–water partition coefficient (Wildman–Crippen LogP) is 2.50. The number of hydrogen-bond acceptors (Lipinski definition) is 3. The van der Waals surface area contributed by atoms with Crippen LogP contribution in [0.1, 0.15) is 38.2 Å². The van der Waals surface area contributed by atoms with Crippen LogP contribution in [0.4, 0.5) is 0 Å². The molecule has 2 aliphatic rings. The van der Waals surface area contributed by atoms with Gasteiger partial charge in [0.25, 0.3) is 0 Å². The van der Waals surface area contributed by atoms with Gasteiger partial charge in [0.2, 0.25) is 5.91 Å². The normalized spacial score (nSPS) is 28.5. The van der Waals surface area contributed by atoms with Crippen LogP contribution in [0.3, 0.4) is 0 Å². The summed E-state index contributed by atoms with van der Waals surface area (Å²) in [7, 11) is 2.02. The number of carbonyl (C=O) groups is 1. The lowest BCUT2D eigenvalue weighted by atomic mass is 9.91. The number of nitrogens with zero attached hydrogens (tertiary/aromatic N) is 2. The minimum absolute atomic E-state index is 0.204. The summed E-state index contributed by atoms with van der Waals surface area (Å²) in [6.45, 7) is 6.27. The molecule has 3 atom stereocenters. The highest BCUT2D eigenvalue weighted by atomic mass is 16.2. The van der Waals surface area contributed by atoms with Crippen molar-refractivity contribution in [3.05, 3.63) is 35.9 Å². The standard InChI is InChI=1S/C20H31N3O/c1-16-13-18(10-11-21-16)20(24)22(2)19-9-6-12-23(15-19)14-17-7-4-3-5-8-17/h3-5,7-8,16,18-19,21H,6,9-15H2,1-2H3/t16-,18-,19?/m0/s1. The third-order valence-electron chi connectivity index (χ3n) is 5.60. The maximum absolute atomic E-state index is 12.9. The average Bonchev–Trinajstić information content (AvgIpc) is 2.61. The van der Waals surface area contributed by atoms with Gasteiger partial charge in [-0.3, -0.25) is 9.69 Å². The van der Waals surface area contributed by atoms with Crippen molar-refractivity contribution in [2.75, 3.05) is 26.7 Å². The molecular weight excluding hydrogens is 298 g/mol. The topological polar surface area (TPSA) is 35.6 Å². The van der Waals surface area contributed by atoms with E-state index in [1.807, 2.05) is 7.05 Å². The maximum atomic E-state index is 12.9. The Morgan fingerprint density at radius 2 is 2.08 bits per heavy atom. The van der Waals surface area contributed by atoms with Crippen LogP contribution >= 0.6 is 0 Å². The molecular formula is C20H31N3O. The first-order chi connectivity index (χ1) is 11.6. The zero-order valence-electron chi connectivity index (χ0n) is 15.1. The Bertz CT molecular complexity index is 533. The number of piperidine rings is 2. The van der Waals surface area contributed by atoms with Crippen molar-refractivity contribution >= 4 is 5.91 Å². The van der Waals surface area contributed by atoms with Crippen LogP contribution in [0.5, 0.6) is 0 Å². The lowest BCUT2D eigenvalue weighted by molar-refractivity contribution is -0.138. The van der Waals surface area contributed by atoms with Gasteiger partial charge in [0.05, 0.1) is 0 Å². The van der Waals surface area contributed by atoms with E-state index in [1.165, 1.54) is 12.0 Å². The van der Waals surface area contributed by atoms with Gasteiger partial charge < -0.3 is 10.2 Å². The fourth-order valence-corrected chi connectivity index (χ4v) is 4.16. The summed E-state index contributed by atoms with van der Waals surface area (Å²) in [5.74, 6) is 0.561. The van der Waals surface area contributed by atoms with Crippen molar-refractivity contribution in [2.45, 2.75) is 51.2 Å². The van der Waals surface area contributed by atoms with Gasteiger partial charge >= 0.3 is 0 Å². The molecule has 132 valence electrons. The molecule has 2 aliphatic heterocycles. The second-order valence-electron chi connectivity index (χ2n) is 7.54. The zero-order chi connectivity index (χ0) is 16.9. The Hall–Kier alpha value is -1.39. The maximum Gasteiger partial charge on any atom is 0.225 e. The molecule has 1 aromatic carbocycles. The molecule has 1 N–H and O–H groups in total. The number of likely N-dealkylation sites (N-methyl/N-ethyl adjacent to an activating group) is 1. The third-order valence-corrected chi connectivity index (χ3v) is 5.60. The second kappa shape index (κ2) is 8.13. The number of amides is 1. The molecule has 0 radical (unpaired) electrons. The minimum atomic E-state index is 0.204. The van der Waals surface area contributed by atoms with Crippen LogP contribution in [-0.2, 0) is 11.3 Å². The quantitative estimate of drug-likeness (QED) is 0.922. The van der Waals surface area contributed by atoms with Gasteiger partial charge in [-0.1, -0.05) is 30.3 Å². The summed E-state index contributed by atoms with van der Waals surface area (Å²) in [6.07, 6.45) is 4.27. The second-order valence-corrected chi connectivity index (χ2v) is 7.54. The SMILES string of the molecule is C[C@H]1C[C@@H](C(=O)N(C)C2CCCN(Cc3ccccc3)C2)CCN1. The predicted molar refractivity (Wildman–Crippen MR) is 97.7 cm³/mol. The van der Waals surface area contributed by atoms with Crippen molar-refractivity contribution in [3.63, 3.8) is 0 Å². The van der Waals surface area contributed by atoms with Gasteiger partial charge in [0.15, 0.2) is 0 Å². The van der Waals surface area contributed by atoms with Crippen LogP contribution in [0.2, 0.25) is 0 Å². The molecule has 4 nitrogen and oxygen atoms in total. The smallest absolute Gasteiger partial charge is 0.225 e. The largest absolute Gasteiger partial charge is 0.341 e. The number of likely N-dealkylation sites (tertiary alicyclic amines) is 1. The van der Waals surface area contributed by atoms with E-state index >= 15 is 0 Å². The molecule has 24 heavy (non-hydrogen) atoms. The van der Waals surface area contributed by atoms with Crippen LogP contribution in [-0.4, -0.2) is 54.5 Å². The first-order valence-corrected chi connectivity index (χ1v) is 9.40. The summed E-state index contributed by atoms with van der Waals surface area (Å²) in [5.41, 5.74) is 1.36. The lowest BCUT2D eigenvalue weighted by Gasteiger charge is -2.40. The summed E-state index contributed by atoms with van der Waals surface area (Å²) in [6, 6.07) is 11.5. The highest BCUT2D eigenvalue weighted by Gasteiger charge is 2.32. The van der Waals surface area contributed by atoms with E-state index in [0.29, 0.717) is 18.0 Å². The van der Waals surface area contributed by atoms with E-state index in [0.717, 1.165) is 45.4 Å². The Labute approximate surface area is 146 Å². The summed E-state index contributed by atoms with van der Waals surface area (Å²) in [4.78, 5) is 17.4. The Kier molecular flexibility index (Phi) is 5.90. The van der Waals surface area contributed by atoms with Crippen molar-refractivity contribution in [1.29, 1.82) is 0 Å². The van der Waals surface area contributed by atoms with Crippen LogP contribution < -0.4 is 5.32 Å². The molecule has 2 fully saturated rings. The average molecular weight is 329 g/mol. The van der Waals surface area contributed by atoms with Crippen molar-refractivity contribution in [1.82, 2.24) is 15.1 Å². The fraction of sp³-hybridized carbons (Fsp3) is 0.650. The first kappa shape index (κ1) is 17.4. The highest BCUT2D eigenvalue weighted by molar-refractivity contribution is 5.79. The van der Waals surface area contributed by atoms with E-state index in [9.17, 15) is 4.79 Å². The third kappa shape index (κ3) is 4.37. The monoisotopic (exact) mass is 329 g/mol. The molecule has 0 bridgehead atoms. The van der Waals surface area contributed by atoms with E-state index < -0.39 is 0 Å². The van der Waals surface area contributed by atoms with Gasteiger partial charge in [-0.2, -0.15) is 0 Å². The van der Waals surface area contributed by atoms with Crippen molar-refractivity contribution in [2.24, 2.45) is 5.92 Å². The highest BCUT2D eigenvalue weighted by Crippen LogP contribution is 2.23. The Morgan fingerprint density at radius 1 is 1.29 bits per heavy atom. The first-order valence-electron chi connectivity index (χ1n) is 9.40. The minimum Gasteiger partial charge on any atom is -0.341 e. The molecule has 3 rings (SSSR count). The Morgan fingerprint density at radius 3 is 2.83 bits per heavy atom. The molecule has 1 amide bonds. The number of rotatable bonds is 4. The van der Waals surface area contributed by atoms with Gasteiger partial charge in [-0.05, 0) is 51.3 Å². The molecule has 0 aliphatic carbocycles. The molecule has 0 saturated carbocycles. The Balaban J connectivity index is 1.56. The summed E-state index contributed by atoms with van der Waals surface area (Å²) >= 11 is 0. The molecule has 1 unspecified atom stereocenters. The molecule has 0 aromatic heterocycles. The molecule has 4 heteroatoms. The molecule has 2 saturated heterocycles. The van der Waals surface area contributed by atoms with E-state index in [2.05, 4.69) is 52.4 Å². The van der Waals surface area contributed by atoms with Crippen molar-refractivity contribution < 1.29 is 4.79 Å². The number of hydrogen-bond donors (Lipinski definition) is 1. The van der Waals surface area contributed by atoms with Gasteiger partial charge in [-0.25, -0.2) is 0 Å². The summed E-state index contributed by atoms with van der Waals surface area (Å²) < 4.78 is 0. The molecule has 2 heterocycles. The number of nitrogens with one attached hydrogen (secondary N) is 1. The van der Waals surface area contributed by atoms with Crippen molar-refractivity contribution in [3.8, 4) is 0 Å². The molecule has 1 aromatic rings. The fourth-order valence-electron chi connectivity index (χ4n) is 4.16. The number of carbonyl (C=O) groups excluding carboxylic acids is 1. The number of benzene rings is 1. The van der Waals surface area contributed by atoms with Crippen LogP contribution in [0.15, 0.2) is 30.3 Å². The van der Waals surface area contributed by atoms with Crippen LogP contribution in [0.25, 0.3) is 0 Å². The summed E-state index contributed by atoms with van der Waals surface area (Å²) in [5, 5.41) is 3.44.